The minimum Gasteiger partial charge on any atom is -0.478 e. The lowest BCUT2D eigenvalue weighted by atomic mass is 10.2. The summed E-state index contributed by atoms with van der Waals surface area (Å²) in [6, 6.07) is 3.13. The molecule has 0 fully saturated rings. The Morgan fingerprint density at radius 3 is 2.94 bits per heavy atom. The third kappa shape index (κ3) is 4.15. The first-order valence-electron chi connectivity index (χ1n) is 5.59. The van der Waals surface area contributed by atoms with E-state index >= 15 is 0 Å². The molecule has 2 N–H and O–H groups in total. The van der Waals surface area contributed by atoms with Gasteiger partial charge in [0.05, 0.1) is 5.56 Å². The Labute approximate surface area is 101 Å². The van der Waals surface area contributed by atoms with Crippen molar-refractivity contribution < 1.29 is 9.90 Å². The number of hydrogen-bond donors (Lipinski definition) is 2. The van der Waals surface area contributed by atoms with Crippen LogP contribution in [-0.4, -0.2) is 22.6 Å². The molecule has 0 spiro atoms. The van der Waals surface area contributed by atoms with Gasteiger partial charge in [0.1, 0.15) is 5.82 Å². The number of carboxylic acids is 1. The lowest BCUT2D eigenvalue weighted by Crippen LogP contribution is -2.07. The number of carboxylic acid groups (broad SMARTS) is 1. The summed E-state index contributed by atoms with van der Waals surface area (Å²) in [5.74, 6) is 2.21. The first-order valence-corrected chi connectivity index (χ1v) is 5.59. The predicted molar refractivity (Wildman–Crippen MR) is 67.1 cm³/mol. The van der Waals surface area contributed by atoms with Gasteiger partial charge in [-0.15, -0.1) is 12.3 Å². The Balaban J connectivity index is 2.74. The third-order valence-electron chi connectivity index (χ3n) is 2.29. The van der Waals surface area contributed by atoms with E-state index in [1.165, 1.54) is 6.07 Å². The summed E-state index contributed by atoms with van der Waals surface area (Å²) >= 11 is 0. The van der Waals surface area contributed by atoms with Crippen LogP contribution in [0.4, 0.5) is 5.82 Å². The average Bonchev–Trinajstić information content (AvgIpc) is 2.34. The zero-order valence-electron chi connectivity index (χ0n) is 9.86. The van der Waals surface area contributed by atoms with Crippen LogP contribution in [-0.2, 0) is 6.42 Å². The Kier molecular flexibility index (Phi) is 5.02. The molecule has 1 rings (SSSR count). The summed E-state index contributed by atoms with van der Waals surface area (Å²) in [5.41, 5.74) is 1.03. The van der Waals surface area contributed by atoms with Crippen LogP contribution < -0.4 is 5.32 Å². The molecule has 4 heteroatoms. The van der Waals surface area contributed by atoms with Gasteiger partial charge in [0.2, 0.25) is 0 Å². The van der Waals surface area contributed by atoms with Crippen LogP contribution in [0.1, 0.15) is 35.8 Å². The molecule has 0 aromatic carbocycles. The standard InChI is InChI=1S/C13H16N2O2/c1-3-5-6-7-14-12-9-10(13(16)17)8-11(4-2)15-12/h1,8-9H,4-7H2,2H3,(H,14,15)(H,16,17). The first kappa shape index (κ1) is 13.0. The Morgan fingerprint density at radius 1 is 1.59 bits per heavy atom. The molecule has 0 atom stereocenters. The van der Waals surface area contributed by atoms with Gasteiger partial charge in [0.25, 0.3) is 0 Å². The molecule has 0 aliphatic carbocycles. The molecule has 1 heterocycles. The number of hydrogen-bond acceptors (Lipinski definition) is 3. The molecule has 4 nitrogen and oxygen atoms in total. The number of pyridine rings is 1. The van der Waals surface area contributed by atoms with Crippen molar-refractivity contribution in [2.75, 3.05) is 11.9 Å². The molecule has 17 heavy (non-hydrogen) atoms. The number of nitrogens with one attached hydrogen (secondary N) is 1. The Hall–Kier alpha value is -2.02. The van der Waals surface area contributed by atoms with E-state index in [9.17, 15) is 4.79 Å². The fourth-order valence-electron chi connectivity index (χ4n) is 1.39. The Morgan fingerprint density at radius 2 is 2.35 bits per heavy atom. The fourth-order valence-corrected chi connectivity index (χ4v) is 1.39. The summed E-state index contributed by atoms with van der Waals surface area (Å²) in [6.45, 7) is 2.64. The summed E-state index contributed by atoms with van der Waals surface area (Å²) in [4.78, 5) is 15.2. The van der Waals surface area contributed by atoms with Crippen LogP contribution in [0.2, 0.25) is 0 Å². The molecule has 90 valence electrons. The number of aryl methyl sites for hydroxylation is 1. The van der Waals surface area contributed by atoms with E-state index in [1.54, 1.807) is 6.07 Å². The minimum atomic E-state index is -0.936. The van der Waals surface area contributed by atoms with Gasteiger partial charge in [0.15, 0.2) is 0 Å². The quantitative estimate of drug-likeness (QED) is 0.583. The highest BCUT2D eigenvalue weighted by molar-refractivity contribution is 5.88. The monoisotopic (exact) mass is 232 g/mol. The maximum absolute atomic E-state index is 10.9. The van der Waals surface area contributed by atoms with Gasteiger partial charge in [-0.1, -0.05) is 6.92 Å². The summed E-state index contributed by atoms with van der Waals surface area (Å²) < 4.78 is 0. The van der Waals surface area contributed by atoms with Crippen molar-refractivity contribution >= 4 is 11.8 Å². The van der Waals surface area contributed by atoms with Gasteiger partial charge >= 0.3 is 5.97 Å². The molecule has 0 saturated heterocycles. The molecule has 0 bridgehead atoms. The largest absolute Gasteiger partial charge is 0.478 e. The van der Waals surface area contributed by atoms with Crippen molar-refractivity contribution in [2.45, 2.75) is 26.2 Å². The van der Waals surface area contributed by atoms with E-state index in [0.29, 0.717) is 25.2 Å². The van der Waals surface area contributed by atoms with Crippen LogP contribution >= 0.6 is 0 Å². The second kappa shape index (κ2) is 6.54. The van der Waals surface area contributed by atoms with Crippen LogP contribution in [0.5, 0.6) is 0 Å². The summed E-state index contributed by atoms with van der Waals surface area (Å²) in [6.07, 6.45) is 7.40. The maximum Gasteiger partial charge on any atom is 0.335 e. The zero-order chi connectivity index (χ0) is 12.7. The molecule has 0 saturated carbocycles. The van der Waals surface area contributed by atoms with E-state index in [0.717, 1.165) is 12.1 Å². The van der Waals surface area contributed by atoms with Crippen molar-refractivity contribution in [2.24, 2.45) is 0 Å². The van der Waals surface area contributed by atoms with Crippen LogP contribution in [0, 0.1) is 12.3 Å². The normalized spacial score (nSPS) is 9.65. The van der Waals surface area contributed by atoms with E-state index < -0.39 is 5.97 Å². The number of nitrogens with zero attached hydrogens (tertiary/aromatic N) is 1. The molecule has 0 aliphatic rings. The van der Waals surface area contributed by atoms with Crippen molar-refractivity contribution in [3.05, 3.63) is 23.4 Å². The van der Waals surface area contributed by atoms with Crippen LogP contribution in [0.3, 0.4) is 0 Å². The number of aromatic nitrogens is 1. The molecular weight excluding hydrogens is 216 g/mol. The highest BCUT2D eigenvalue weighted by Gasteiger charge is 2.07. The van der Waals surface area contributed by atoms with E-state index in [4.69, 9.17) is 11.5 Å². The van der Waals surface area contributed by atoms with Gasteiger partial charge < -0.3 is 10.4 Å². The molecule has 0 amide bonds. The maximum atomic E-state index is 10.9. The van der Waals surface area contributed by atoms with Gasteiger partial charge in [-0.05, 0) is 25.0 Å². The Bertz CT molecular complexity index is 436. The molecule has 0 aliphatic heterocycles. The van der Waals surface area contributed by atoms with Crippen LogP contribution in [0.25, 0.3) is 0 Å². The van der Waals surface area contributed by atoms with Gasteiger partial charge in [-0.2, -0.15) is 0 Å². The van der Waals surface area contributed by atoms with Crippen LogP contribution in [0.15, 0.2) is 12.1 Å². The fraction of sp³-hybridized carbons (Fsp3) is 0.385. The van der Waals surface area contributed by atoms with E-state index in [-0.39, 0.29) is 5.56 Å². The van der Waals surface area contributed by atoms with E-state index in [1.807, 2.05) is 6.92 Å². The van der Waals surface area contributed by atoms with Crippen molar-refractivity contribution in [3.8, 4) is 12.3 Å². The lowest BCUT2D eigenvalue weighted by Gasteiger charge is -2.07. The number of rotatable bonds is 6. The highest BCUT2D eigenvalue weighted by Crippen LogP contribution is 2.11. The van der Waals surface area contributed by atoms with Gasteiger partial charge in [-0.25, -0.2) is 9.78 Å². The third-order valence-corrected chi connectivity index (χ3v) is 2.29. The molecule has 0 unspecified atom stereocenters. The lowest BCUT2D eigenvalue weighted by molar-refractivity contribution is 0.0696. The summed E-state index contributed by atoms with van der Waals surface area (Å²) in [7, 11) is 0. The second-order valence-electron chi connectivity index (χ2n) is 3.63. The molecule has 1 aromatic heterocycles. The number of terminal acetylenes is 1. The summed E-state index contributed by atoms with van der Waals surface area (Å²) in [5, 5.41) is 12.0. The molecule has 1 aromatic rings. The minimum absolute atomic E-state index is 0.260. The smallest absolute Gasteiger partial charge is 0.335 e. The number of unbranched alkanes of at least 4 members (excludes halogenated alkanes) is 1. The van der Waals surface area contributed by atoms with Gasteiger partial charge in [-0.3, -0.25) is 0 Å². The highest BCUT2D eigenvalue weighted by atomic mass is 16.4. The first-order chi connectivity index (χ1) is 8.17. The second-order valence-corrected chi connectivity index (χ2v) is 3.63. The molecule has 0 radical (unpaired) electrons. The van der Waals surface area contributed by atoms with Crippen molar-refractivity contribution in [1.29, 1.82) is 0 Å². The van der Waals surface area contributed by atoms with E-state index in [2.05, 4.69) is 16.2 Å². The van der Waals surface area contributed by atoms with Gasteiger partial charge in [0, 0.05) is 18.7 Å². The van der Waals surface area contributed by atoms with Crippen molar-refractivity contribution in [3.63, 3.8) is 0 Å². The SMILES string of the molecule is C#CCCCNc1cc(C(=O)O)cc(CC)n1. The van der Waals surface area contributed by atoms with Crippen molar-refractivity contribution in [1.82, 2.24) is 4.98 Å². The number of aromatic carboxylic acids is 1. The average molecular weight is 232 g/mol. The molecular formula is C13H16N2O2. The number of carbonyl (C=O) groups is 1. The topological polar surface area (TPSA) is 62.2 Å². The number of anilines is 1. The zero-order valence-corrected chi connectivity index (χ0v) is 9.86. The predicted octanol–water partition coefficient (Wildman–Crippen LogP) is 2.17.